The van der Waals surface area contributed by atoms with Gasteiger partial charge in [0.15, 0.2) is 0 Å². The lowest BCUT2D eigenvalue weighted by Crippen LogP contribution is -2.21. The summed E-state index contributed by atoms with van der Waals surface area (Å²) in [4.78, 5) is 6.24. The van der Waals surface area contributed by atoms with Gasteiger partial charge in [0.25, 0.3) is 0 Å². The zero-order valence-corrected chi connectivity index (χ0v) is 9.77. The van der Waals surface area contributed by atoms with E-state index in [4.69, 9.17) is 0 Å². The molecule has 3 heteroatoms. The minimum absolute atomic E-state index is 0.0733. The predicted octanol–water partition coefficient (Wildman–Crippen LogP) is 2.06. The Morgan fingerprint density at radius 1 is 1.47 bits per heavy atom. The molecule has 0 atom stereocenters. The number of hydrogen-bond donors (Lipinski definition) is 1. The molecule has 1 aromatic rings. The molecule has 0 bridgehead atoms. The largest absolute Gasteiger partial charge is 0.392 e. The van der Waals surface area contributed by atoms with Crippen molar-refractivity contribution in [1.82, 2.24) is 4.98 Å². The van der Waals surface area contributed by atoms with Crippen LogP contribution in [0.1, 0.15) is 25.8 Å². The Morgan fingerprint density at radius 3 is 2.80 bits per heavy atom. The van der Waals surface area contributed by atoms with E-state index in [1.54, 1.807) is 6.20 Å². The molecule has 0 aliphatic rings. The molecule has 1 heterocycles. The summed E-state index contributed by atoms with van der Waals surface area (Å²) in [7, 11) is 2.04. The maximum Gasteiger partial charge on any atom is 0.0703 e. The molecule has 0 spiro atoms. The third-order valence-corrected chi connectivity index (χ3v) is 2.51. The molecule has 0 aliphatic carbocycles. The topological polar surface area (TPSA) is 36.4 Å². The van der Waals surface area contributed by atoms with Crippen molar-refractivity contribution < 1.29 is 5.11 Å². The second-order valence-corrected chi connectivity index (χ2v) is 4.27. The highest BCUT2D eigenvalue weighted by Gasteiger charge is 2.06. The first-order valence-corrected chi connectivity index (χ1v) is 5.40. The summed E-state index contributed by atoms with van der Waals surface area (Å²) < 4.78 is 0. The van der Waals surface area contributed by atoms with Gasteiger partial charge in [-0.25, -0.2) is 0 Å². The lowest BCUT2D eigenvalue weighted by Gasteiger charge is -2.22. The molecule has 0 saturated heterocycles. The number of pyridine rings is 1. The highest BCUT2D eigenvalue weighted by Crippen LogP contribution is 2.18. The van der Waals surface area contributed by atoms with E-state index in [1.807, 2.05) is 19.3 Å². The monoisotopic (exact) mass is 208 g/mol. The molecule has 0 aliphatic heterocycles. The van der Waals surface area contributed by atoms with Crippen LogP contribution in [0.2, 0.25) is 0 Å². The molecule has 0 fully saturated rings. The van der Waals surface area contributed by atoms with Crippen LogP contribution in [0.15, 0.2) is 18.5 Å². The first-order chi connectivity index (χ1) is 7.15. The van der Waals surface area contributed by atoms with Gasteiger partial charge in [-0.1, -0.05) is 13.8 Å². The van der Waals surface area contributed by atoms with E-state index in [9.17, 15) is 5.11 Å². The van der Waals surface area contributed by atoms with E-state index in [-0.39, 0.29) is 6.61 Å². The lowest BCUT2D eigenvalue weighted by atomic mass is 10.1. The Bertz CT molecular complexity index is 299. The Balaban J connectivity index is 2.68. The van der Waals surface area contributed by atoms with Gasteiger partial charge >= 0.3 is 0 Å². The zero-order chi connectivity index (χ0) is 11.3. The van der Waals surface area contributed by atoms with Crippen LogP contribution < -0.4 is 4.90 Å². The standard InChI is InChI=1S/C12H20N2O/c1-10(2)5-7-14(3)12-8-13-6-4-11(12)9-15/h4,6,8,10,15H,5,7,9H2,1-3H3. The summed E-state index contributed by atoms with van der Waals surface area (Å²) in [5.41, 5.74) is 1.97. The van der Waals surface area contributed by atoms with Crippen molar-refractivity contribution in [1.29, 1.82) is 0 Å². The number of hydrogen-bond acceptors (Lipinski definition) is 3. The summed E-state index contributed by atoms with van der Waals surface area (Å²) in [5, 5.41) is 9.19. The van der Waals surface area contributed by atoms with E-state index in [1.165, 1.54) is 0 Å². The second-order valence-electron chi connectivity index (χ2n) is 4.27. The van der Waals surface area contributed by atoms with Crippen LogP contribution in [-0.2, 0) is 6.61 Å². The molecule has 15 heavy (non-hydrogen) atoms. The van der Waals surface area contributed by atoms with Crippen molar-refractivity contribution in [2.24, 2.45) is 5.92 Å². The maximum absolute atomic E-state index is 9.19. The second kappa shape index (κ2) is 5.71. The van der Waals surface area contributed by atoms with Crippen LogP contribution >= 0.6 is 0 Å². The molecular formula is C12H20N2O. The van der Waals surface area contributed by atoms with Gasteiger partial charge in [0.05, 0.1) is 18.5 Å². The smallest absolute Gasteiger partial charge is 0.0703 e. The molecule has 0 amide bonds. The molecule has 0 aromatic carbocycles. The summed E-state index contributed by atoms with van der Waals surface area (Å²) >= 11 is 0. The highest BCUT2D eigenvalue weighted by molar-refractivity contribution is 5.50. The molecule has 0 saturated carbocycles. The minimum atomic E-state index is 0.0733. The fraction of sp³-hybridized carbons (Fsp3) is 0.583. The molecule has 1 N–H and O–H groups in total. The SMILES string of the molecule is CC(C)CCN(C)c1cnccc1CO. The molecule has 84 valence electrons. The average Bonchev–Trinajstić information content (AvgIpc) is 2.25. The first kappa shape index (κ1) is 12.0. The number of nitrogens with zero attached hydrogens (tertiary/aromatic N) is 2. The van der Waals surface area contributed by atoms with Crippen LogP contribution in [0.25, 0.3) is 0 Å². The van der Waals surface area contributed by atoms with Crippen molar-refractivity contribution >= 4 is 5.69 Å². The number of aliphatic hydroxyl groups is 1. The average molecular weight is 208 g/mol. The minimum Gasteiger partial charge on any atom is -0.392 e. The quantitative estimate of drug-likeness (QED) is 0.804. The van der Waals surface area contributed by atoms with Crippen LogP contribution in [0.4, 0.5) is 5.69 Å². The molecule has 3 nitrogen and oxygen atoms in total. The summed E-state index contributed by atoms with van der Waals surface area (Å²) in [6.07, 6.45) is 4.67. The van der Waals surface area contributed by atoms with E-state index >= 15 is 0 Å². The Hall–Kier alpha value is -1.09. The Kier molecular flexibility index (Phi) is 4.56. The van der Waals surface area contributed by atoms with Gasteiger partial charge in [-0.3, -0.25) is 4.98 Å². The predicted molar refractivity (Wildman–Crippen MR) is 62.9 cm³/mol. The van der Waals surface area contributed by atoms with Crippen molar-refractivity contribution in [3.05, 3.63) is 24.0 Å². The van der Waals surface area contributed by atoms with E-state index in [0.717, 1.165) is 24.2 Å². The van der Waals surface area contributed by atoms with E-state index in [0.29, 0.717) is 5.92 Å². The Labute approximate surface area is 91.8 Å². The molecule has 0 radical (unpaired) electrons. The zero-order valence-electron chi connectivity index (χ0n) is 9.77. The van der Waals surface area contributed by atoms with Crippen molar-refractivity contribution in [3.8, 4) is 0 Å². The molecule has 1 aromatic heterocycles. The van der Waals surface area contributed by atoms with Crippen LogP contribution in [-0.4, -0.2) is 23.7 Å². The number of anilines is 1. The molecule has 0 unspecified atom stereocenters. The third kappa shape index (κ3) is 3.51. The summed E-state index contributed by atoms with van der Waals surface area (Å²) in [5.74, 6) is 0.696. The van der Waals surface area contributed by atoms with Gasteiger partial charge in [0.1, 0.15) is 0 Å². The third-order valence-electron chi connectivity index (χ3n) is 2.51. The van der Waals surface area contributed by atoms with Crippen LogP contribution in [0, 0.1) is 5.92 Å². The van der Waals surface area contributed by atoms with Gasteiger partial charge in [-0.2, -0.15) is 0 Å². The van der Waals surface area contributed by atoms with E-state index < -0.39 is 0 Å². The number of aromatic nitrogens is 1. The molecule has 1 rings (SSSR count). The van der Waals surface area contributed by atoms with Crippen molar-refractivity contribution in [3.63, 3.8) is 0 Å². The lowest BCUT2D eigenvalue weighted by molar-refractivity contribution is 0.282. The van der Waals surface area contributed by atoms with Crippen molar-refractivity contribution in [2.75, 3.05) is 18.5 Å². The first-order valence-electron chi connectivity index (χ1n) is 5.40. The van der Waals surface area contributed by atoms with Gasteiger partial charge in [0.2, 0.25) is 0 Å². The van der Waals surface area contributed by atoms with Crippen LogP contribution in [0.3, 0.4) is 0 Å². The van der Waals surface area contributed by atoms with Crippen molar-refractivity contribution in [2.45, 2.75) is 26.9 Å². The number of rotatable bonds is 5. The van der Waals surface area contributed by atoms with Gasteiger partial charge in [-0.05, 0) is 18.4 Å². The maximum atomic E-state index is 9.19. The normalized spacial score (nSPS) is 10.7. The fourth-order valence-corrected chi connectivity index (χ4v) is 1.46. The molecular weight excluding hydrogens is 188 g/mol. The summed E-state index contributed by atoms with van der Waals surface area (Å²) in [6.45, 7) is 5.49. The van der Waals surface area contributed by atoms with Crippen LogP contribution in [0.5, 0.6) is 0 Å². The highest BCUT2D eigenvalue weighted by atomic mass is 16.3. The van der Waals surface area contributed by atoms with Gasteiger partial charge in [0, 0.05) is 25.4 Å². The number of aliphatic hydroxyl groups excluding tert-OH is 1. The Morgan fingerprint density at radius 2 is 2.20 bits per heavy atom. The summed E-state index contributed by atoms with van der Waals surface area (Å²) in [6, 6.07) is 1.86. The van der Waals surface area contributed by atoms with Gasteiger partial charge < -0.3 is 10.0 Å². The fourth-order valence-electron chi connectivity index (χ4n) is 1.46. The van der Waals surface area contributed by atoms with E-state index in [2.05, 4.69) is 23.7 Å². The van der Waals surface area contributed by atoms with Gasteiger partial charge in [-0.15, -0.1) is 0 Å².